The standard InChI is InChI=1S/C22H25N11O2/c1-6-23-22(34)18-15(10-17(30-31-18)29-16-9-12(2)26-13(3)27-16)28-21-19(35-5)14(7-8-24-21)20-25-11-33(4)32-20/h7-11H,6H2,1-5H3,(H,23,34)(H2,24,26,27,28,29,30). The molecule has 0 atom stereocenters. The summed E-state index contributed by atoms with van der Waals surface area (Å²) in [7, 11) is 3.30. The smallest absolute Gasteiger partial charge is 0.273 e. The molecule has 13 heteroatoms. The Labute approximate surface area is 201 Å². The van der Waals surface area contributed by atoms with Crippen molar-refractivity contribution < 1.29 is 9.53 Å². The van der Waals surface area contributed by atoms with Gasteiger partial charge in [0.15, 0.2) is 28.9 Å². The van der Waals surface area contributed by atoms with Crippen molar-refractivity contribution in [3.63, 3.8) is 0 Å². The fourth-order valence-corrected chi connectivity index (χ4v) is 3.38. The van der Waals surface area contributed by atoms with E-state index < -0.39 is 0 Å². The summed E-state index contributed by atoms with van der Waals surface area (Å²) in [6.07, 6.45) is 3.19. The molecule has 4 aromatic rings. The minimum absolute atomic E-state index is 0.0951. The lowest BCUT2D eigenvalue weighted by molar-refractivity contribution is 0.0951. The summed E-state index contributed by atoms with van der Waals surface area (Å²) in [5, 5.41) is 21.7. The summed E-state index contributed by atoms with van der Waals surface area (Å²) in [5.74, 6) is 2.41. The number of carbonyl (C=O) groups is 1. The molecule has 0 fully saturated rings. The monoisotopic (exact) mass is 475 g/mol. The fraction of sp³-hybridized carbons (Fsp3) is 0.273. The van der Waals surface area contributed by atoms with Gasteiger partial charge in [0.1, 0.15) is 18.0 Å². The van der Waals surface area contributed by atoms with Crippen molar-refractivity contribution in [1.29, 1.82) is 0 Å². The van der Waals surface area contributed by atoms with Crippen molar-refractivity contribution in [2.45, 2.75) is 20.8 Å². The van der Waals surface area contributed by atoms with E-state index in [0.717, 1.165) is 5.69 Å². The van der Waals surface area contributed by atoms with Crippen LogP contribution in [0, 0.1) is 13.8 Å². The summed E-state index contributed by atoms with van der Waals surface area (Å²) in [4.78, 5) is 30.0. The van der Waals surface area contributed by atoms with Crippen LogP contribution in [-0.4, -0.2) is 59.5 Å². The lowest BCUT2D eigenvalue weighted by Gasteiger charge is -2.15. The maximum Gasteiger partial charge on any atom is 0.273 e. The minimum Gasteiger partial charge on any atom is -0.492 e. The summed E-state index contributed by atoms with van der Waals surface area (Å²) in [6.45, 7) is 5.93. The van der Waals surface area contributed by atoms with E-state index in [2.05, 4.69) is 51.2 Å². The van der Waals surface area contributed by atoms with Gasteiger partial charge < -0.3 is 20.7 Å². The van der Waals surface area contributed by atoms with Crippen LogP contribution in [0.1, 0.15) is 28.9 Å². The van der Waals surface area contributed by atoms with Crippen LogP contribution in [0.4, 0.5) is 23.1 Å². The van der Waals surface area contributed by atoms with E-state index in [0.29, 0.717) is 52.6 Å². The van der Waals surface area contributed by atoms with Gasteiger partial charge in [0, 0.05) is 37.6 Å². The van der Waals surface area contributed by atoms with Crippen LogP contribution in [0.2, 0.25) is 0 Å². The molecule has 0 spiro atoms. The average molecular weight is 476 g/mol. The van der Waals surface area contributed by atoms with Gasteiger partial charge in [-0.2, -0.15) is 5.10 Å². The van der Waals surface area contributed by atoms with E-state index in [4.69, 9.17) is 4.74 Å². The third kappa shape index (κ3) is 5.29. The third-order valence-corrected chi connectivity index (χ3v) is 4.77. The molecule has 180 valence electrons. The van der Waals surface area contributed by atoms with E-state index in [-0.39, 0.29) is 11.6 Å². The first-order chi connectivity index (χ1) is 16.9. The number of anilines is 4. The zero-order valence-corrected chi connectivity index (χ0v) is 20.0. The van der Waals surface area contributed by atoms with Gasteiger partial charge in [0.25, 0.3) is 5.91 Å². The Hall–Kier alpha value is -4.68. The van der Waals surface area contributed by atoms with Crippen LogP contribution in [0.3, 0.4) is 0 Å². The Morgan fingerprint density at radius 1 is 1.09 bits per heavy atom. The van der Waals surface area contributed by atoms with E-state index in [1.165, 1.54) is 7.11 Å². The number of carbonyl (C=O) groups excluding carboxylic acids is 1. The zero-order chi connectivity index (χ0) is 24.9. The maximum atomic E-state index is 12.7. The molecule has 4 aromatic heterocycles. The highest BCUT2D eigenvalue weighted by molar-refractivity contribution is 5.98. The number of rotatable bonds is 8. The van der Waals surface area contributed by atoms with E-state index >= 15 is 0 Å². The molecule has 0 aliphatic carbocycles. The normalized spacial score (nSPS) is 10.7. The fourth-order valence-electron chi connectivity index (χ4n) is 3.38. The average Bonchev–Trinajstić information content (AvgIpc) is 3.24. The number of aromatic nitrogens is 8. The predicted octanol–water partition coefficient (Wildman–Crippen LogP) is 2.32. The molecular formula is C22H25N11O2. The Balaban J connectivity index is 1.74. The molecule has 0 bridgehead atoms. The molecule has 0 aliphatic rings. The maximum absolute atomic E-state index is 12.7. The van der Waals surface area contributed by atoms with Gasteiger partial charge in [-0.3, -0.25) is 9.48 Å². The highest BCUT2D eigenvalue weighted by atomic mass is 16.5. The van der Waals surface area contributed by atoms with Gasteiger partial charge in [-0.25, -0.2) is 19.9 Å². The molecule has 13 nitrogen and oxygen atoms in total. The van der Waals surface area contributed by atoms with Gasteiger partial charge in [-0.1, -0.05) is 0 Å². The van der Waals surface area contributed by atoms with Crippen molar-refractivity contribution in [1.82, 2.24) is 45.2 Å². The number of methoxy groups -OCH3 is 1. The molecule has 0 unspecified atom stereocenters. The van der Waals surface area contributed by atoms with Crippen LogP contribution in [0.5, 0.6) is 5.75 Å². The second kappa shape index (κ2) is 10.1. The van der Waals surface area contributed by atoms with Crippen LogP contribution in [-0.2, 0) is 7.05 Å². The third-order valence-electron chi connectivity index (χ3n) is 4.77. The number of ether oxygens (including phenoxy) is 1. The predicted molar refractivity (Wildman–Crippen MR) is 129 cm³/mol. The van der Waals surface area contributed by atoms with Crippen molar-refractivity contribution in [3.8, 4) is 17.1 Å². The summed E-state index contributed by atoms with van der Waals surface area (Å²) in [6, 6.07) is 5.19. The molecule has 4 rings (SSSR count). The highest BCUT2D eigenvalue weighted by Crippen LogP contribution is 2.35. The topological polar surface area (TPSA) is 158 Å². The van der Waals surface area contributed by atoms with Crippen molar-refractivity contribution in [2.24, 2.45) is 7.05 Å². The van der Waals surface area contributed by atoms with E-state index in [1.54, 1.807) is 49.4 Å². The number of hydrogen-bond acceptors (Lipinski definition) is 11. The Bertz CT molecular complexity index is 1350. The van der Waals surface area contributed by atoms with Gasteiger partial charge in [-0.05, 0) is 26.8 Å². The van der Waals surface area contributed by atoms with E-state index in [9.17, 15) is 4.79 Å². The molecule has 0 saturated carbocycles. The molecule has 0 aromatic carbocycles. The van der Waals surface area contributed by atoms with Crippen LogP contribution in [0.15, 0.2) is 30.7 Å². The van der Waals surface area contributed by atoms with Gasteiger partial charge >= 0.3 is 0 Å². The van der Waals surface area contributed by atoms with E-state index in [1.807, 2.05) is 13.8 Å². The molecule has 0 aliphatic heterocycles. The Kier molecular flexibility index (Phi) is 6.76. The second-order valence-electron chi connectivity index (χ2n) is 7.53. The molecule has 3 N–H and O–H groups in total. The first-order valence-corrected chi connectivity index (χ1v) is 10.8. The van der Waals surface area contributed by atoms with Crippen molar-refractivity contribution in [3.05, 3.63) is 47.9 Å². The molecule has 0 saturated heterocycles. The number of amides is 1. The molecule has 1 amide bonds. The second-order valence-corrected chi connectivity index (χ2v) is 7.53. The molecule has 35 heavy (non-hydrogen) atoms. The van der Waals surface area contributed by atoms with Crippen molar-refractivity contribution in [2.75, 3.05) is 24.3 Å². The highest BCUT2D eigenvalue weighted by Gasteiger charge is 2.20. The lowest BCUT2D eigenvalue weighted by Crippen LogP contribution is -2.25. The quantitative estimate of drug-likeness (QED) is 0.343. The summed E-state index contributed by atoms with van der Waals surface area (Å²) >= 11 is 0. The number of nitrogens with zero attached hydrogens (tertiary/aromatic N) is 8. The molecule has 0 radical (unpaired) electrons. The van der Waals surface area contributed by atoms with Crippen LogP contribution in [0.25, 0.3) is 11.4 Å². The lowest BCUT2D eigenvalue weighted by atomic mass is 10.2. The molecular weight excluding hydrogens is 450 g/mol. The Morgan fingerprint density at radius 2 is 1.91 bits per heavy atom. The summed E-state index contributed by atoms with van der Waals surface area (Å²) in [5.41, 5.74) is 1.90. The Morgan fingerprint density at radius 3 is 2.60 bits per heavy atom. The van der Waals surface area contributed by atoms with Gasteiger partial charge in [-0.15, -0.1) is 10.2 Å². The SMILES string of the molecule is CCNC(=O)c1nnc(Nc2cc(C)nc(C)n2)cc1Nc1nccc(-c2ncn(C)n2)c1OC. The number of hydrogen-bond donors (Lipinski definition) is 3. The van der Waals surface area contributed by atoms with Crippen LogP contribution >= 0.6 is 0 Å². The van der Waals surface area contributed by atoms with Crippen molar-refractivity contribution >= 4 is 29.0 Å². The van der Waals surface area contributed by atoms with Gasteiger partial charge in [0.05, 0.1) is 18.4 Å². The first kappa shape index (κ1) is 23.5. The number of aryl methyl sites for hydroxylation is 3. The summed E-state index contributed by atoms with van der Waals surface area (Å²) < 4.78 is 7.22. The largest absolute Gasteiger partial charge is 0.492 e. The van der Waals surface area contributed by atoms with Gasteiger partial charge in [0.2, 0.25) is 0 Å². The van der Waals surface area contributed by atoms with Crippen LogP contribution < -0.4 is 20.7 Å². The zero-order valence-electron chi connectivity index (χ0n) is 20.0. The number of pyridine rings is 1. The first-order valence-electron chi connectivity index (χ1n) is 10.8. The number of nitrogens with one attached hydrogen (secondary N) is 3. The molecule has 4 heterocycles. The minimum atomic E-state index is -0.385.